The molecule has 1 amide bonds. The summed E-state index contributed by atoms with van der Waals surface area (Å²) in [4.78, 5) is 15.5. The highest BCUT2D eigenvalue weighted by Crippen LogP contribution is 2.29. The van der Waals surface area contributed by atoms with Crippen LogP contribution in [0.5, 0.6) is 11.5 Å². The average molecular weight is 450 g/mol. The van der Waals surface area contributed by atoms with E-state index in [0.717, 1.165) is 39.1 Å². The van der Waals surface area contributed by atoms with Gasteiger partial charge in [-0.15, -0.1) is 0 Å². The number of nitrogens with one attached hydrogen (secondary N) is 2. The van der Waals surface area contributed by atoms with Crippen molar-refractivity contribution in [1.29, 1.82) is 0 Å². The summed E-state index contributed by atoms with van der Waals surface area (Å²) >= 11 is 0. The normalized spacial score (nSPS) is 18.4. The Morgan fingerprint density at radius 3 is 2.53 bits per heavy atom. The topological polar surface area (TPSA) is 72.1 Å². The number of rotatable bonds is 14. The van der Waals surface area contributed by atoms with Gasteiger partial charge in [0.15, 0.2) is 11.5 Å². The predicted octanol–water partition coefficient (Wildman–Crippen LogP) is 3.04. The number of carbonyl (C=O) groups is 1. The average Bonchev–Trinajstić information content (AvgIpc) is 3.21. The van der Waals surface area contributed by atoms with Crippen LogP contribution in [0.4, 0.5) is 0 Å². The molecule has 2 atom stereocenters. The minimum Gasteiger partial charge on any atom is -0.493 e. The number of amides is 1. The summed E-state index contributed by atoms with van der Waals surface area (Å²) < 4.78 is 16.4. The molecule has 0 aromatic heterocycles. The van der Waals surface area contributed by atoms with E-state index in [0.29, 0.717) is 48.0 Å². The van der Waals surface area contributed by atoms with Gasteiger partial charge < -0.3 is 29.7 Å². The summed E-state index contributed by atoms with van der Waals surface area (Å²) in [7, 11) is 3.28. The number of ether oxygens (including phenoxy) is 3. The van der Waals surface area contributed by atoms with Crippen LogP contribution in [0.2, 0.25) is 0 Å². The Bertz CT molecular complexity index is 696. The first-order chi connectivity index (χ1) is 15.4. The molecule has 0 unspecified atom stereocenters. The SMILES string of the molecule is COCCCOc1cc(C(=O)N(C[C@@H]2CNC[C@H]2CNCC(C)C)C(C)C)ccc1OC. The zero-order valence-electron chi connectivity index (χ0n) is 20.8. The van der Waals surface area contributed by atoms with E-state index >= 15 is 0 Å². The van der Waals surface area contributed by atoms with Gasteiger partial charge in [0.2, 0.25) is 0 Å². The van der Waals surface area contributed by atoms with Crippen LogP contribution in [-0.2, 0) is 4.74 Å². The van der Waals surface area contributed by atoms with Crippen molar-refractivity contribution >= 4 is 5.91 Å². The van der Waals surface area contributed by atoms with Crippen LogP contribution in [0.15, 0.2) is 18.2 Å². The zero-order valence-corrected chi connectivity index (χ0v) is 20.8. The molecule has 2 N–H and O–H groups in total. The van der Waals surface area contributed by atoms with E-state index in [1.54, 1.807) is 20.3 Å². The fraction of sp³-hybridized carbons (Fsp3) is 0.720. The second-order valence-corrected chi connectivity index (χ2v) is 9.34. The van der Waals surface area contributed by atoms with Crippen molar-refractivity contribution in [2.75, 3.05) is 60.2 Å². The third kappa shape index (κ3) is 7.94. The minimum absolute atomic E-state index is 0.0326. The fourth-order valence-electron chi connectivity index (χ4n) is 4.05. The maximum atomic E-state index is 13.5. The highest BCUT2D eigenvalue weighted by molar-refractivity contribution is 5.95. The van der Waals surface area contributed by atoms with Crippen molar-refractivity contribution in [3.8, 4) is 11.5 Å². The van der Waals surface area contributed by atoms with Gasteiger partial charge in [-0.3, -0.25) is 4.79 Å². The molecule has 0 saturated carbocycles. The van der Waals surface area contributed by atoms with E-state index in [2.05, 4.69) is 38.3 Å². The summed E-state index contributed by atoms with van der Waals surface area (Å²) in [5.41, 5.74) is 0.627. The summed E-state index contributed by atoms with van der Waals surface area (Å²) in [5.74, 6) is 2.85. The Kier molecular flexibility index (Phi) is 11.3. The molecule has 1 heterocycles. The molecule has 182 valence electrons. The highest BCUT2D eigenvalue weighted by atomic mass is 16.5. The molecule has 1 aliphatic heterocycles. The third-order valence-electron chi connectivity index (χ3n) is 5.92. The standard InChI is InChI=1S/C25H43N3O4/c1-18(2)13-26-14-21-15-27-16-22(21)17-28(19(3)4)25(29)20-8-9-23(31-6)24(12-20)32-11-7-10-30-5/h8-9,12,18-19,21-22,26-27H,7,10-11,13-17H2,1-6H3/t21-,22+/m1/s1. The van der Waals surface area contributed by atoms with Crippen molar-refractivity contribution < 1.29 is 19.0 Å². The number of hydrogen-bond donors (Lipinski definition) is 2. The number of hydrogen-bond acceptors (Lipinski definition) is 6. The van der Waals surface area contributed by atoms with Crippen LogP contribution in [-0.4, -0.2) is 77.0 Å². The molecule has 1 aliphatic rings. The number of nitrogens with zero attached hydrogens (tertiary/aromatic N) is 1. The van der Waals surface area contributed by atoms with Crippen LogP contribution in [0.3, 0.4) is 0 Å². The monoisotopic (exact) mass is 449 g/mol. The second-order valence-electron chi connectivity index (χ2n) is 9.34. The summed E-state index contributed by atoms with van der Waals surface area (Å²) in [6.45, 7) is 14.4. The van der Waals surface area contributed by atoms with Gasteiger partial charge >= 0.3 is 0 Å². The molecule has 7 nitrogen and oxygen atoms in total. The molecule has 1 saturated heterocycles. The lowest BCUT2D eigenvalue weighted by molar-refractivity contribution is 0.0661. The summed E-state index contributed by atoms with van der Waals surface area (Å²) in [5, 5.41) is 7.10. The van der Waals surface area contributed by atoms with Crippen LogP contribution < -0.4 is 20.1 Å². The maximum absolute atomic E-state index is 13.5. The second kappa shape index (κ2) is 13.7. The Labute approximate surface area is 194 Å². The molecule has 32 heavy (non-hydrogen) atoms. The smallest absolute Gasteiger partial charge is 0.254 e. The first kappa shape index (κ1) is 26.4. The maximum Gasteiger partial charge on any atom is 0.254 e. The number of benzene rings is 1. The van der Waals surface area contributed by atoms with Crippen LogP contribution in [0.1, 0.15) is 44.5 Å². The van der Waals surface area contributed by atoms with E-state index in [1.165, 1.54) is 0 Å². The van der Waals surface area contributed by atoms with Crippen LogP contribution in [0.25, 0.3) is 0 Å². The largest absolute Gasteiger partial charge is 0.493 e. The Morgan fingerprint density at radius 2 is 1.88 bits per heavy atom. The third-order valence-corrected chi connectivity index (χ3v) is 5.92. The van der Waals surface area contributed by atoms with Crippen molar-refractivity contribution in [1.82, 2.24) is 15.5 Å². The Balaban J connectivity index is 2.08. The number of carbonyl (C=O) groups excluding carboxylic acids is 1. The summed E-state index contributed by atoms with van der Waals surface area (Å²) in [6, 6.07) is 5.55. The van der Waals surface area contributed by atoms with Gasteiger partial charge in [-0.05, 0) is 69.4 Å². The van der Waals surface area contributed by atoms with Crippen molar-refractivity contribution in [2.45, 2.75) is 40.2 Å². The first-order valence-electron chi connectivity index (χ1n) is 11.9. The molecule has 0 spiro atoms. The quantitative estimate of drug-likeness (QED) is 0.426. The van der Waals surface area contributed by atoms with Gasteiger partial charge in [0, 0.05) is 44.8 Å². The van der Waals surface area contributed by atoms with E-state index < -0.39 is 0 Å². The molecule has 0 radical (unpaired) electrons. The molecule has 1 aromatic rings. The lowest BCUT2D eigenvalue weighted by Gasteiger charge is -2.32. The van der Waals surface area contributed by atoms with Gasteiger partial charge in [-0.1, -0.05) is 13.8 Å². The van der Waals surface area contributed by atoms with Gasteiger partial charge in [0.05, 0.1) is 13.7 Å². The lowest BCUT2D eigenvalue weighted by Crippen LogP contribution is -2.43. The van der Waals surface area contributed by atoms with Crippen LogP contribution in [0, 0.1) is 17.8 Å². The van der Waals surface area contributed by atoms with Gasteiger partial charge in [-0.2, -0.15) is 0 Å². The Hall–Kier alpha value is -1.83. The van der Waals surface area contributed by atoms with Crippen molar-refractivity contribution in [2.24, 2.45) is 17.8 Å². The molecule has 0 aliphatic carbocycles. The molecule has 0 bridgehead atoms. The van der Waals surface area contributed by atoms with Gasteiger partial charge in [0.1, 0.15) is 0 Å². The van der Waals surface area contributed by atoms with E-state index in [4.69, 9.17) is 14.2 Å². The summed E-state index contributed by atoms with van der Waals surface area (Å²) in [6.07, 6.45) is 0.775. The van der Waals surface area contributed by atoms with Gasteiger partial charge in [-0.25, -0.2) is 0 Å². The number of methoxy groups -OCH3 is 2. The lowest BCUT2D eigenvalue weighted by atomic mass is 9.94. The van der Waals surface area contributed by atoms with Crippen molar-refractivity contribution in [3.63, 3.8) is 0 Å². The molecule has 1 aromatic carbocycles. The van der Waals surface area contributed by atoms with E-state index in [-0.39, 0.29) is 11.9 Å². The Morgan fingerprint density at radius 1 is 1.12 bits per heavy atom. The highest BCUT2D eigenvalue weighted by Gasteiger charge is 2.31. The molecular formula is C25H43N3O4. The first-order valence-corrected chi connectivity index (χ1v) is 11.9. The fourth-order valence-corrected chi connectivity index (χ4v) is 4.05. The molecular weight excluding hydrogens is 406 g/mol. The minimum atomic E-state index is 0.0326. The van der Waals surface area contributed by atoms with Crippen molar-refractivity contribution in [3.05, 3.63) is 23.8 Å². The van der Waals surface area contributed by atoms with Gasteiger partial charge in [0.25, 0.3) is 5.91 Å². The zero-order chi connectivity index (χ0) is 23.5. The van der Waals surface area contributed by atoms with E-state index in [1.807, 2.05) is 17.0 Å². The predicted molar refractivity (Wildman–Crippen MR) is 129 cm³/mol. The molecule has 1 fully saturated rings. The molecule has 2 rings (SSSR count). The molecule has 7 heteroatoms. The van der Waals surface area contributed by atoms with Crippen LogP contribution >= 0.6 is 0 Å². The van der Waals surface area contributed by atoms with E-state index in [9.17, 15) is 4.79 Å².